The smallest absolute Gasteiger partial charge is 0.353 e. The van der Waals surface area contributed by atoms with Crippen molar-refractivity contribution in [2.75, 3.05) is 42.7 Å². The van der Waals surface area contributed by atoms with Gasteiger partial charge in [0, 0.05) is 43.0 Å². The van der Waals surface area contributed by atoms with E-state index in [1.165, 1.54) is 0 Å². The summed E-state index contributed by atoms with van der Waals surface area (Å²) in [7, 11) is 0. The van der Waals surface area contributed by atoms with Gasteiger partial charge in [0.05, 0.1) is 16.6 Å². The Kier molecular flexibility index (Phi) is 7.15. The van der Waals surface area contributed by atoms with Crippen molar-refractivity contribution in [3.63, 3.8) is 0 Å². The molecule has 1 fully saturated rings. The van der Waals surface area contributed by atoms with E-state index in [4.69, 9.17) is 11.6 Å². The summed E-state index contributed by atoms with van der Waals surface area (Å²) in [5.74, 6) is 0.225. The standard InChI is InChI=1S/C20H22ClF3N4OS/c1-13(19(29)26-15-4-3-5-16(11-15)30-2)27-6-8-28(9-7-27)18-17(21)10-14(12-25-18)20(22,23)24/h3-5,10-13H,6-9H2,1-2H3,(H,26,29). The molecule has 5 nitrogen and oxygen atoms in total. The van der Waals surface area contributed by atoms with Crippen molar-refractivity contribution in [3.8, 4) is 0 Å². The van der Waals surface area contributed by atoms with Crippen LogP contribution in [0.15, 0.2) is 41.4 Å². The van der Waals surface area contributed by atoms with E-state index in [9.17, 15) is 18.0 Å². The van der Waals surface area contributed by atoms with Gasteiger partial charge in [-0.15, -0.1) is 11.8 Å². The van der Waals surface area contributed by atoms with Crippen LogP contribution in [0.5, 0.6) is 0 Å². The van der Waals surface area contributed by atoms with Gasteiger partial charge < -0.3 is 10.2 Å². The number of rotatable bonds is 5. The Bertz CT molecular complexity index is 904. The lowest BCUT2D eigenvalue weighted by Crippen LogP contribution is -2.53. The first kappa shape index (κ1) is 22.7. The molecule has 2 heterocycles. The van der Waals surface area contributed by atoms with Gasteiger partial charge in [-0.1, -0.05) is 17.7 Å². The van der Waals surface area contributed by atoms with Crippen LogP contribution in [0.2, 0.25) is 5.02 Å². The molecule has 162 valence electrons. The maximum absolute atomic E-state index is 12.8. The van der Waals surface area contributed by atoms with E-state index in [1.807, 2.05) is 47.2 Å². The summed E-state index contributed by atoms with van der Waals surface area (Å²) in [6.45, 7) is 4.00. The molecule has 30 heavy (non-hydrogen) atoms. The van der Waals surface area contributed by atoms with E-state index >= 15 is 0 Å². The van der Waals surface area contributed by atoms with Crippen molar-refractivity contribution in [2.24, 2.45) is 0 Å². The van der Waals surface area contributed by atoms with Crippen molar-refractivity contribution in [2.45, 2.75) is 24.0 Å². The van der Waals surface area contributed by atoms with Crippen LogP contribution in [0.3, 0.4) is 0 Å². The molecule has 1 aromatic heterocycles. The molecule has 1 aromatic carbocycles. The highest BCUT2D eigenvalue weighted by atomic mass is 35.5. The first-order valence-electron chi connectivity index (χ1n) is 9.35. The number of thioether (sulfide) groups is 1. The second-order valence-electron chi connectivity index (χ2n) is 6.95. The molecule has 0 bridgehead atoms. The van der Waals surface area contributed by atoms with Crippen molar-refractivity contribution < 1.29 is 18.0 Å². The minimum atomic E-state index is -4.48. The second kappa shape index (κ2) is 9.45. The molecular formula is C20H22ClF3N4OS. The Morgan fingerprint density at radius 1 is 1.23 bits per heavy atom. The van der Waals surface area contributed by atoms with Gasteiger partial charge in [0.15, 0.2) is 0 Å². The highest BCUT2D eigenvalue weighted by Crippen LogP contribution is 2.33. The minimum absolute atomic E-state index is 0.0299. The van der Waals surface area contributed by atoms with Gasteiger partial charge in [0.25, 0.3) is 0 Å². The number of carbonyl (C=O) groups excluding carboxylic acids is 1. The zero-order valence-electron chi connectivity index (χ0n) is 16.5. The first-order chi connectivity index (χ1) is 14.2. The molecule has 0 aliphatic carbocycles. The lowest BCUT2D eigenvalue weighted by molar-refractivity contribution is -0.137. The number of carbonyl (C=O) groups is 1. The zero-order valence-corrected chi connectivity index (χ0v) is 18.1. The third kappa shape index (κ3) is 5.39. The number of alkyl halides is 3. The predicted octanol–water partition coefficient (Wildman–Crippen LogP) is 4.62. The summed E-state index contributed by atoms with van der Waals surface area (Å²) in [6, 6.07) is 8.19. The molecule has 1 aliphatic heterocycles. The molecule has 1 N–H and O–H groups in total. The predicted molar refractivity (Wildman–Crippen MR) is 114 cm³/mol. The van der Waals surface area contributed by atoms with E-state index in [1.54, 1.807) is 11.8 Å². The topological polar surface area (TPSA) is 48.5 Å². The summed E-state index contributed by atoms with van der Waals surface area (Å²) in [4.78, 5) is 21.5. The van der Waals surface area contributed by atoms with Crippen LogP contribution >= 0.6 is 23.4 Å². The molecule has 2 aromatic rings. The minimum Gasteiger partial charge on any atom is -0.353 e. The van der Waals surface area contributed by atoms with E-state index in [-0.39, 0.29) is 17.0 Å². The number of pyridine rings is 1. The Morgan fingerprint density at radius 3 is 2.53 bits per heavy atom. The quantitative estimate of drug-likeness (QED) is 0.662. The maximum Gasteiger partial charge on any atom is 0.417 e. The highest BCUT2D eigenvalue weighted by molar-refractivity contribution is 7.98. The van der Waals surface area contributed by atoms with Gasteiger partial charge in [-0.25, -0.2) is 4.98 Å². The molecular weight excluding hydrogens is 437 g/mol. The number of nitrogens with one attached hydrogen (secondary N) is 1. The lowest BCUT2D eigenvalue weighted by atomic mass is 10.2. The molecule has 1 unspecified atom stereocenters. The van der Waals surface area contributed by atoms with E-state index < -0.39 is 11.7 Å². The average molecular weight is 459 g/mol. The largest absolute Gasteiger partial charge is 0.417 e. The van der Waals surface area contributed by atoms with Gasteiger partial charge in [-0.05, 0) is 37.4 Å². The third-order valence-electron chi connectivity index (χ3n) is 5.03. The SMILES string of the molecule is CSc1cccc(NC(=O)C(C)N2CCN(c3ncc(C(F)(F)F)cc3Cl)CC2)c1. The Balaban J connectivity index is 1.59. The van der Waals surface area contributed by atoms with Gasteiger partial charge in [0.1, 0.15) is 5.82 Å². The van der Waals surface area contributed by atoms with Crippen molar-refractivity contribution >= 4 is 40.8 Å². The zero-order chi connectivity index (χ0) is 21.9. The van der Waals surface area contributed by atoms with Crippen LogP contribution in [0, 0.1) is 0 Å². The number of anilines is 2. The van der Waals surface area contributed by atoms with Gasteiger partial charge in [-0.2, -0.15) is 13.2 Å². The van der Waals surface area contributed by atoms with Gasteiger partial charge >= 0.3 is 6.18 Å². The number of hydrogen-bond donors (Lipinski definition) is 1. The van der Waals surface area contributed by atoms with Crippen LogP contribution in [0.4, 0.5) is 24.7 Å². The molecule has 1 aliphatic rings. The Labute approximate surface area is 182 Å². The molecule has 0 radical (unpaired) electrons. The third-order valence-corrected chi connectivity index (χ3v) is 6.03. The van der Waals surface area contributed by atoms with Crippen LogP contribution in [0.1, 0.15) is 12.5 Å². The molecule has 0 spiro atoms. The van der Waals surface area contributed by atoms with Crippen LogP contribution < -0.4 is 10.2 Å². The van der Waals surface area contributed by atoms with Crippen molar-refractivity contribution in [1.29, 1.82) is 0 Å². The maximum atomic E-state index is 12.8. The number of amides is 1. The van der Waals surface area contributed by atoms with Crippen molar-refractivity contribution in [1.82, 2.24) is 9.88 Å². The highest BCUT2D eigenvalue weighted by Gasteiger charge is 2.33. The molecule has 1 saturated heterocycles. The van der Waals surface area contributed by atoms with E-state index in [0.717, 1.165) is 22.8 Å². The number of halogens is 4. The summed E-state index contributed by atoms with van der Waals surface area (Å²) < 4.78 is 38.4. The number of nitrogens with zero attached hydrogens (tertiary/aromatic N) is 3. The molecule has 3 rings (SSSR count). The number of hydrogen-bond acceptors (Lipinski definition) is 5. The monoisotopic (exact) mass is 458 g/mol. The summed E-state index contributed by atoms with van der Waals surface area (Å²) >= 11 is 7.65. The van der Waals surface area contributed by atoms with E-state index in [2.05, 4.69) is 10.3 Å². The van der Waals surface area contributed by atoms with Gasteiger partial charge in [-0.3, -0.25) is 9.69 Å². The molecule has 1 atom stereocenters. The number of piperazine rings is 1. The van der Waals surface area contributed by atoms with E-state index in [0.29, 0.717) is 32.0 Å². The normalized spacial score (nSPS) is 16.4. The van der Waals surface area contributed by atoms with Crippen LogP contribution in [-0.2, 0) is 11.0 Å². The summed E-state index contributed by atoms with van der Waals surface area (Å²) in [5, 5.41) is 2.91. The summed E-state index contributed by atoms with van der Waals surface area (Å²) in [5.41, 5.74) is -0.121. The molecule has 10 heteroatoms. The first-order valence-corrected chi connectivity index (χ1v) is 11.0. The van der Waals surface area contributed by atoms with Gasteiger partial charge in [0.2, 0.25) is 5.91 Å². The fraction of sp³-hybridized carbons (Fsp3) is 0.400. The fourth-order valence-corrected chi connectivity index (χ4v) is 4.00. The number of aromatic nitrogens is 1. The van der Waals surface area contributed by atoms with Crippen LogP contribution in [-0.4, -0.2) is 54.3 Å². The number of benzene rings is 1. The fourth-order valence-electron chi connectivity index (χ4n) is 3.25. The molecule has 0 saturated carbocycles. The summed E-state index contributed by atoms with van der Waals surface area (Å²) in [6.07, 6.45) is -1.71. The average Bonchev–Trinajstić information content (AvgIpc) is 2.72. The Morgan fingerprint density at radius 2 is 1.93 bits per heavy atom. The lowest BCUT2D eigenvalue weighted by Gasteiger charge is -2.38. The van der Waals surface area contributed by atoms with Crippen molar-refractivity contribution in [3.05, 3.63) is 47.1 Å². The molecule has 1 amide bonds. The van der Waals surface area contributed by atoms with Crippen LogP contribution in [0.25, 0.3) is 0 Å². The second-order valence-corrected chi connectivity index (χ2v) is 8.23. The Hall–Kier alpha value is -1.97.